The molecule has 2 atom stereocenters. The van der Waals surface area contributed by atoms with Crippen molar-refractivity contribution in [1.29, 1.82) is 0 Å². The molecule has 2 heteroatoms. The summed E-state index contributed by atoms with van der Waals surface area (Å²) in [5.41, 5.74) is 0. The topological polar surface area (TPSA) is 3.24 Å². The Hall–Kier alpha value is 0.250. The van der Waals surface area contributed by atoms with E-state index in [1.807, 2.05) is 0 Å². The second-order valence-electron chi connectivity index (χ2n) is 3.87. The van der Waals surface area contributed by atoms with Crippen LogP contribution in [0.1, 0.15) is 39.5 Å². The average molecular weight is 190 g/mol. The van der Waals surface area contributed by atoms with Gasteiger partial charge in [-0.1, -0.05) is 13.3 Å². The van der Waals surface area contributed by atoms with E-state index in [4.69, 9.17) is 11.6 Å². The van der Waals surface area contributed by atoms with Crippen molar-refractivity contribution in [3.05, 3.63) is 0 Å². The third-order valence-corrected chi connectivity index (χ3v) is 3.11. The molecule has 0 bridgehead atoms. The predicted octanol–water partition coefficient (Wildman–Crippen LogP) is 2.88. The number of hydrogen-bond acceptors (Lipinski definition) is 1. The lowest BCUT2D eigenvalue weighted by Crippen LogP contribution is -2.42. The Bertz CT molecular complexity index is 127. The van der Waals surface area contributed by atoms with E-state index in [0.717, 1.165) is 12.6 Å². The molecule has 1 saturated heterocycles. The van der Waals surface area contributed by atoms with Crippen LogP contribution in [0.3, 0.4) is 0 Å². The molecule has 0 spiro atoms. The third kappa shape index (κ3) is 2.95. The summed E-state index contributed by atoms with van der Waals surface area (Å²) in [5.74, 6) is 0. The van der Waals surface area contributed by atoms with Gasteiger partial charge in [0.1, 0.15) is 0 Å². The Morgan fingerprint density at radius 2 is 2.17 bits per heavy atom. The summed E-state index contributed by atoms with van der Waals surface area (Å²) >= 11 is 6.11. The van der Waals surface area contributed by atoms with Gasteiger partial charge in [-0.05, 0) is 32.7 Å². The Balaban J connectivity index is 2.28. The van der Waals surface area contributed by atoms with E-state index >= 15 is 0 Å². The van der Waals surface area contributed by atoms with E-state index < -0.39 is 0 Å². The summed E-state index contributed by atoms with van der Waals surface area (Å²) in [5, 5.41) is 0.401. The second-order valence-corrected chi connectivity index (χ2v) is 4.49. The first-order valence-corrected chi connectivity index (χ1v) is 5.55. The smallest absolute Gasteiger partial charge is 0.0463 e. The fraction of sp³-hybridized carbons (Fsp3) is 1.00. The third-order valence-electron chi connectivity index (χ3n) is 2.75. The molecule has 0 aromatic carbocycles. The molecule has 1 fully saturated rings. The minimum absolute atomic E-state index is 0.401. The summed E-state index contributed by atoms with van der Waals surface area (Å²) in [4.78, 5) is 2.53. The summed E-state index contributed by atoms with van der Waals surface area (Å²) in [6.07, 6.45) is 5.08. The second kappa shape index (κ2) is 5.08. The van der Waals surface area contributed by atoms with E-state index in [1.165, 1.54) is 32.2 Å². The van der Waals surface area contributed by atoms with Gasteiger partial charge in [-0.25, -0.2) is 0 Å². The molecule has 0 aliphatic carbocycles. The monoisotopic (exact) mass is 189 g/mol. The van der Waals surface area contributed by atoms with Crippen molar-refractivity contribution in [3.8, 4) is 0 Å². The predicted molar refractivity (Wildman–Crippen MR) is 54.8 cm³/mol. The largest absolute Gasteiger partial charge is 0.299 e. The minimum atomic E-state index is 0.401. The molecule has 1 aliphatic heterocycles. The molecule has 12 heavy (non-hydrogen) atoms. The lowest BCUT2D eigenvalue weighted by atomic mass is 10.0. The number of halogens is 1. The first-order chi connectivity index (χ1) is 5.74. The highest BCUT2D eigenvalue weighted by Crippen LogP contribution is 2.20. The number of unbranched alkanes of at least 4 members (excludes halogenated alkanes) is 1. The van der Waals surface area contributed by atoms with Crippen LogP contribution >= 0.6 is 11.6 Å². The Morgan fingerprint density at radius 3 is 2.83 bits per heavy atom. The molecule has 0 aromatic rings. The van der Waals surface area contributed by atoms with Gasteiger partial charge < -0.3 is 0 Å². The highest BCUT2D eigenvalue weighted by atomic mass is 35.5. The molecule has 0 aromatic heterocycles. The van der Waals surface area contributed by atoms with Crippen molar-refractivity contribution in [2.24, 2.45) is 0 Å². The minimum Gasteiger partial charge on any atom is -0.299 e. The summed E-state index contributed by atoms with van der Waals surface area (Å²) in [7, 11) is 0. The van der Waals surface area contributed by atoms with Crippen LogP contribution in [0.25, 0.3) is 0 Å². The normalized spacial score (nSPS) is 32.2. The van der Waals surface area contributed by atoms with Crippen molar-refractivity contribution < 1.29 is 0 Å². The highest BCUT2D eigenvalue weighted by Gasteiger charge is 2.22. The van der Waals surface area contributed by atoms with Crippen molar-refractivity contribution >= 4 is 11.6 Å². The van der Waals surface area contributed by atoms with Gasteiger partial charge in [-0.15, -0.1) is 11.6 Å². The quantitative estimate of drug-likeness (QED) is 0.618. The summed E-state index contributed by atoms with van der Waals surface area (Å²) < 4.78 is 0. The average Bonchev–Trinajstić information content (AvgIpc) is 2.07. The number of alkyl halides is 1. The summed E-state index contributed by atoms with van der Waals surface area (Å²) in [6.45, 7) is 6.90. The van der Waals surface area contributed by atoms with Crippen LogP contribution < -0.4 is 0 Å². The number of piperidine rings is 1. The van der Waals surface area contributed by atoms with E-state index in [9.17, 15) is 0 Å². The van der Waals surface area contributed by atoms with Gasteiger partial charge in [0, 0.05) is 18.0 Å². The molecular weight excluding hydrogens is 170 g/mol. The van der Waals surface area contributed by atoms with Crippen LogP contribution in [0.5, 0.6) is 0 Å². The van der Waals surface area contributed by atoms with Crippen LogP contribution in [0, 0.1) is 0 Å². The Kier molecular flexibility index (Phi) is 4.38. The molecule has 0 radical (unpaired) electrons. The van der Waals surface area contributed by atoms with Crippen LogP contribution in [0.2, 0.25) is 0 Å². The van der Waals surface area contributed by atoms with Crippen LogP contribution in [-0.2, 0) is 0 Å². The van der Waals surface area contributed by atoms with Gasteiger partial charge in [0.2, 0.25) is 0 Å². The molecule has 0 amide bonds. The van der Waals surface area contributed by atoms with Crippen molar-refractivity contribution in [1.82, 2.24) is 4.90 Å². The lowest BCUT2D eigenvalue weighted by Gasteiger charge is -2.35. The Morgan fingerprint density at radius 1 is 1.42 bits per heavy atom. The van der Waals surface area contributed by atoms with Crippen molar-refractivity contribution in [3.63, 3.8) is 0 Å². The standard InChI is InChI=1S/C10H20ClN/c1-3-4-7-12-8-10(11)6-5-9(12)2/h9-10H,3-8H2,1-2H3/t9-,10-/m0/s1. The van der Waals surface area contributed by atoms with Crippen LogP contribution in [0.4, 0.5) is 0 Å². The van der Waals surface area contributed by atoms with Crippen LogP contribution in [0.15, 0.2) is 0 Å². The SMILES string of the molecule is CCCCN1C[C@@H](Cl)CC[C@@H]1C. The van der Waals surface area contributed by atoms with Gasteiger partial charge in [-0.3, -0.25) is 4.90 Å². The van der Waals surface area contributed by atoms with E-state index in [0.29, 0.717) is 5.38 Å². The molecule has 1 nitrogen and oxygen atoms in total. The lowest BCUT2D eigenvalue weighted by molar-refractivity contribution is 0.161. The number of hydrogen-bond donors (Lipinski definition) is 0. The number of likely N-dealkylation sites (tertiary alicyclic amines) is 1. The van der Waals surface area contributed by atoms with Gasteiger partial charge in [-0.2, -0.15) is 0 Å². The number of rotatable bonds is 3. The zero-order valence-electron chi connectivity index (χ0n) is 8.22. The Labute approximate surface area is 81.1 Å². The highest BCUT2D eigenvalue weighted by molar-refractivity contribution is 6.20. The van der Waals surface area contributed by atoms with Crippen molar-refractivity contribution in [2.75, 3.05) is 13.1 Å². The maximum absolute atomic E-state index is 6.11. The fourth-order valence-electron chi connectivity index (χ4n) is 1.80. The molecule has 0 saturated carbocycles. The molecule has 1 aliphatic rings. The van der Waals surface area contributed by atoms with E-state index in [2.05, 4.69) is 18.7 Å². The van der Waals surface area contributed by atoms with Crippen LogP contribution in [-0.4, -0.2) is 29.4 Å². The van der Waals surface area contributed by atoms with Gasteiger partial charge in [0.05, 0.1) is 0 Å². The van der Waals surface area contributed by atoms with E-state index in [1.54, 1.807) is 0 Å². The van der Waals surface area contributed by atoms with Gasteiger partial charge in [0.15, 0.2) is 0 Å². The number of nitrogens with zero attached hydrogens (tertiary/aromatic N) is 1. The molecule has 0 N–H and O–H groups in total. The summed E-state index contributed by atoms with van der Waals surface area (Å²) in [6, 6.07) is 0.756. The first-order valence-electron chi connectivity index (χ1n) is 5.12. The molecule has 1 rings (SSSR count). The van der Waals surface area contributed by atoms with E-state index in [-0.39, 0.29) is 0 Å². The molecule has 72 valence electrons. The molecular formula is C10H20ClN. The van der Waals surface area contributed by atoms with Gasteiger partial charge in [0.25, 0.3) is 0 Å². The zero-order valence-corrected chi connectivity index (χ0v) is 8.98. The first kappa shape index (κ1) is 10.3. The maximum atomic E-state index is 6.11. The van der Waals surface area contributed by atoms with Gasteiger partial charge >= 0.3 is 0 Å². The zero-order chi connectivity index (χ0) is 8.97. The molecule has 0 unspecified atom stereocenters. The van der Waals surface area contributed by atoms with Crippen molar-refractivity contribution in [2.45, 2.75) is 50.9 Å². The maximum Gasteiger partial charge on any atom is 0.0463 e. The molecule has 1 heterocycles. The fourth-order valence-corrected chi connectivity index (χ4v) is 2.11.